The van der Waals surface area contributed by atoms with Crippen LogP contribution in [0.1, 0.15) is 51.6 Å². The number of aromatic nitrogens is 3. The minimum absolute atomic E-state index is 0.0811. The lowest BCUT2D eigenvalue weighted by atomic mass is 10.1. The van der Waals surface area contributed by atoms with Crippen LogP contribution in [0.15, 0.2) is 30.7 Å². The normalized spacial score (nSPS) is 12.6. The average molecular weight is 525 g/mol. The second-order valence-electron chi connectivity index (χ2n) is 8.69. The van der Waals surface area contributed by atoms with Gasteiger partial charge in [0.2, 0.25) is 6.79 Å². The predicted octanol–water partition coefficient (Wildman–Crippen LogP) is 1.76. The Bertz CT molecular complexity index is 1400. The SMILES string of the molecule is CCNC(=O)c1ccc(C)c(N(C(=O)OCOC(=O)CO)c2ncnn3cc(C(=O)NC4CC4)c(C)c23)c1. The molecule has 0 unspecified atom stereocenters. The van der Waals surface area contributed by atoms with Gasteiger partial charge in [0, 0.05) is 24.3 Å². The lowest BCUT2D eigenvalue weighted by Crippen LogP contribution is -2.31. The Labute approximate surface area is 217 Å². The maximum Gasteiger partial charge on any atom is 0.423 e. The van der Waals surface area contributed by atoms with Crippen LogP contribution in [-0.4, -0.2) is 69.6 Å². The number of nitrogens with zero attached hydrogens (tertiary/aromatic N) is 4. The van der Waals surface area contributed by atoms with E-state index in [-0.39, 0.29) is 29.4 Å². The average Bonchev–Trinajstić information content (AvgIpc) is 3.65. The molecule has 200 valence electrons. The summed E-state index contributed by atoms with van der Waals surface area (Å²) in [6.45, 7) is 4.01. The van der Waals surface area contributed by atoms with Gasteiger partial charge in [0.15, 0.2) is 5.82 Å². The number of rotatable bonds is 9. The fourth-order valence-electron chi connectivity index (χ4n) is 3.83. The number of aliphatic hydroxyl groups excluding tert-OH is 1. The number of hydrogen-bond donors (Lipinski definition) is 3. The topological polar surface area (TPSA) is 164 Å². The monoisotopic (exact) mass is 524 g/mol. The second-order valence-corrected chi connectivity index (χ2v) is 8.69. The molecule has 4 rings (SSSR count). The number of fused-ring (bicyclic) bond motifs is 1. The molecule has 3 amide bonds. The Hall–Kier alpha value is -4.52. The molecule has 1 aliphatic rings. The summed E-state index contributed by atoms with van der Waals surface area (Å²) in [5, 5.41) is 18.7. The Kier molecular flexibility index (Phi) is 7.86. The summed E-state index contributed by atoms with van der Waals surface area (Å²) in [5.74, 6) is -1.50. The van der Waals surface area contributed by atoms with Crippen LogP contribution in [0.4, 0.5) is 16.3 Å². The molecular formula is C25H28N6O7. The van der Waals surface area contributed by atoms with Crippen molar-refractivity contribution >= 4 is 40.9 Å². The zero-order valence-electron chi connectivity index (χ0n) is 21.2. The van der Waals surface area contributed by atoms with Crippen LogP contribution in [0.3, 0.4) is 0 Å². The van der Waals surface area contributed by atoms with Gasteiger partial charge in [-0.2, -0.15) is 5.10 Å². The van der Waals surface area contributed by atoms with E-state index in [2.05, 4.69) is 25.5 Å². The first-order valence-corrected chi connectivity index (χ1v) is 12.0. The molecule has 1 aromatic carbocycles. The number of anilines is 2. The van der Waals surface area contributed by atoms with Gasteiger partial charge < -0.3 is 25.2 Å². The van der Waals surface area contributed by atoms with Gasteiger partial charge in [0.05, 0.1) is 11.3 Å². The number of esters is 1. The molecule has 0 aliphatic heterocycles. The number of ether oxygens (including phenoxy) is 2. The highest BCUT2D eigenvalue weighted by Gasteiger charge is 2.30. The van der Waals surface area contributed by atoms with Gasteiger partial charge in [0.25, 0.3) is 11.8 Å². The minimum atomic E-state index is -0.975. The molecule has 13 nitrogen and oxygen atoms in total. The van der Waals surface area contributed by atoms with E-state index in [0.29, 0.717) is 34.3 Å². The van der Waals surface area contributed by atoms with E-state index >= 15 is 0 Å². The van der Waals surface area contributed by atoms with Crippen molar-refractivity contribution in [1.29, 1.82) is 0 Å². The molecular weight excluding hydrogens is 496 g/mol. The van der Waals surface area contributed by atoms with Gasteiger partial charge >= 0.3 is 12.1 Å². The van der Waals surface area contributed by atoms with E-state index in [1.807, 2.05) is 0 Å². The van der Waals surface area contributed by atoms with Gasteiger partial charge in [0.1, 0.15) is 18.5 Å². The van der Waals surface area contributed by atoms with E-state index in [1.54, 1.807) is 39.1 Å². The first-order chi connectivity index (χ1) is 18.2. The molecule has 38 heavy (non-hydrogen) atoms. The third-order valence-electron chi connectivity index (χ3n) is 5.94. The maximum atomic E-state index is 13.4. The minimum Gasteiger partial charge on any atom is -0.426 e. The smallest absolute Gasteiger partial charge is 0.423 e. The zero-order chi connectivity index (χ0) is 27.4. The van der Waals surface area contributed by atoms with Crippen LogP contribution in [0.2, 0.25) is 0 Å². The van der Waals surface area contributed by atoms with E-state index in [9.17, 15) is 19.2 Å². The molecule has 0 bridgehead atoms. The maximum absolute atomic E-state index is 13.4. The van der Waals surface area contributed by atoms with Crippen molar-refractivity contribution in [1.82, 2.24) is 25.2 Å². The van der Waals surface area contributed by atoms with Gasteiger partial charge in [-0.05, 0) is 56.9 Å². The highest BCUT2D eigenvalue weighted by atomic mass is 16.7. The molecule has 0 radical (unpaired) electrons. The van der Waals surface area contributed by atoms with Crippen molar-refractivity contribution in [2.45, 2.75) is 39.7 Å². The molecule has 3 aromatic rings. The lowest BCUT2D eigenvalue weighted by Gasteiger charge is -2.24. The molecule has 2 heterocycles. The van der Waals surface area contributed by atoms with Crippen LogP contribution in [0.25, 0.3) is 5.52 Å². The largest absolute Gasteiger partial charge is 0.426 e. The molecule has 13 heteroatoms. The lowest BCUT2D eigenvalue weighted by molar-refractivity contribution is -0.154. The number of aryl methyl sites for hydroxylation is 2. The van der Waals surface area contributed by atoms with Crippen LogP contribution in [0, 0.1) is 13.8 Å². The van der Waals surface area contributed by atoms with Crippen LogP contribution < -0.4 is 15.5 Å². The molecule has 0 atom stereocenters. The molecule has 3 N–H and O–H groups in total. The number of amides is 3. The van der Waals surface area contributed by atoms with E-state index < -0.39 is 25.5 Å². The molecule has 0 saturated heterocycles. The first kappa shape index (κ1) is 26.5. The third kappa shape index (κ3) is 5.57. The van der Waals surface area contributed by atoms with Crippen molar-refractivity contribution in [2.75, 3.05) is 24.8 Å². The second kappa shape index (κ2) is 11.3. The first-order valence-electron chi connectivity index (χ1n) is 12.0. The summed E-state index contributed by atoms with van der Waals surface area (Å²) in [6, 6.07) is 4.95. The summed E-state index contributed by atoms with van der Waals surface area (Å²) < 4.78 is 11.3. The Balaban J connectivity index is 1.82. The van der Waals surface area contributed by atoms with Gasteiger partial charge in [-0.15, -0.1) is 0 Å². The van der Waals surface area contributed by atoms with Crippen molar-refractivity contribution in [3.8, 4) is 0 Å². The molecule has 1 saturated carbocycles. The van der Waals surface area contributed by atoms with E-state index in [1.165, 1.54) is 16.9 Å². The number of benzene rings is 1. The van der Waals surface area contributed by atoms with Gasteiger partial charge in [-0.1, -0.05) is 6.07 Å². The van der Waals surface area contributed by atoms with Gasteiger partial charge in [-0.25, -0.2) is 24.0 Å². The summed E-state index contributed by atoms with van der Waals surface area (Å²) in [6.07, 6.45) is 3.64. The summed E-state index contributed by atoms with van der Waals surface area (Å²) in [4.78, 5) is 55.6. The molecule has 1 aliphatic carbocycles. The number of nitrogens with one attached hydrogen (secondary N) is 2. The molecule has 2 aromatic heterocycles. The number of hydrogen-bond acceptors (Lipinski definition) is 9. The fourth-order valence-corrected chi connectivity index (χ4v) is 3.83. The van der Waals surface area contributed by atoms with Crippen LogP contribution >= 0.6 is 0 Å². The Morgan fingerprint density at radius 3 is 2.61 bits per heavy atom. The van der Waals surface area contributed by atoms with Crippen LogP contribution in [0.5, 0.6) is 0 Å². The van der Waals surface area contributed by atoms with E-state index in [4.69, 9.17) is 9.84 Å². The van der Waals surface area contributed by atoms with Crippen LogP contribution in [-0.2, 0) is 14.3 Å². The van der Waals surface area contributed by atoms with Crippen molar-refractivity contribution in [3.05, 3.63) is 53.0 Å². The van der Waals surface area contributed by atoms with Crippen molar-refractivity contribution < 1.29 is 33.8 Å². The van der Waals surface area contributed by atoms with Crippen molar-refractivity contribution in [2.24, 2.45) is 0 Å². The van der Waals surface area contributed by atoms with Crippen molar-refractivity contribution in [3.63, 3.8) is 0 Å². The quantitative estimate of drug-likeness (QED) is 0.279. The molecule has 0 spiro atoms. The predicted molar refractivity (Wildman–Crippen MR) is 134 cm³/mol. The number of carbonyl (C=O) groups excluding carboxylic acids is 4. The van der Waals surface area contributed by atoms with E-state index in [0.717, 1.165) is 17.7 Å². The third-order valence-corrected chi connectivity index (χ3v) is 5.94. The zero-order valence-corrected chi connectivity index (χ0v) is 21.2. The summed E-state index contributed by atoms with van der Waals surface area (Å²) >= 11 is 0. The molecule has 1 fully saturated rings. The Morgan fingerprint density at radius 1 is 1.16 bits per heavy atom. The fraction of sp³-hybridized carbons (Fsp3) is 0.360. The highest BCUT2D eigenvalue weighted by Crippen LogP contribution is 2.34. The summed E-state index contributed by atoms with van der Waals surface area (Å²) in [7, 11) is 0. The Morgan fingerprint density at radius 2 is 1.92 bits per heavy atom. The number of carbonyl (C=O) groups is 4. The number of aliphatic hydroxyl groups is 1. The highest BCUT2D eigenvalue weighted by molar-refractivity contribution is 6.05. The standard InChI is InChI=1S/C25H28N6O7/c1-4-26-23(34)16-6-5-14(2)19(9-16)31(25(36)38-13-37-20(33)11-32)22-21-15(3)18(10-30(21)28-12-27-22)24(35)29-17-7-8-17/h5-6,9-10,12,17,32H,4,7-8,11,13H2,1-3H3,(H,26,34)(H,29,35). The van der Waals surface area contributed by atoms with Gasteiger partial charge in [-0.3, -0.25) is 9.59 Å². The summed E-state index contributed by atoms with van der Waals surface area (Å²) in [5.41, 5.74) is 2.43.